The summed E-state index contributed by atoms with van der Waals surface area (Å²) in [4.78, 5) is 10.9. The molecule has 1 rings (SSSR count). The van der Waals surface area contributed by atoms with Gasteiger partial charge in [-0.2, -0.15) is 0 Å². The molecule has 5 nitrogen and oxygen atoms in total. The van der Waals surface area contributed by atoms with Crippen molar-refractivity contribution in [1.29, 1.82) is 0 Å². The zero-order chi connectivity index (χ0) is 12.9. The summed E-state index contributed by atoms with van der Waals surface area (Å²) < 4.78 is 10.9. The van der Waals surface area contributed by atoms with Gasteiger partial charge in [0.2, 0.25) is 0 Å². The molecule has 1 saturated heterocycles. The van der Waals surface area contributed by atoms with Gasteiger partial charge in [0.05, 0.1) is 6.10 Å². The Hall–Kier alpha value is -0.650. The lowest BCUT2D eigenvalue weighted by atomic mass is 9.96. The van der Waals surface area contributed by atoms with Gasteiger partial charge in [-0.3, -0.25) is 4.79 Å². The number of carboxylic acid groups (broad SMARTS) is 1. The molecular weight excluding hydrogens is 222 g/mol. The van der Waals surface area contributed by atoms with Crippen LogP contribution in [-0.4, -0.2) is 42.5 Å². The standard InChI is InChI=1S/C12H23NO4/c1-9(7-12(2,13)11(14)15)17-8-10-3-5-16-6-4-10/h9-10H,3-8,13H2,1-2H3,(H,14,15). The van der Waals surface area contributed by atoms with Gasteiger partial charge in [0.15, 0.2) is 0 Å². The van der Waals surface area contributed by atoms with Crippen LogP contribution in [0.15, 0.2) is 0 Å². The first kappa shape index (κ1) is 14.4. The van der Waals surface area contributed by atoms with E-state index in [2.05, 4.69) is 0 Å². The molecular formula is C12H23NO4. The van der Waals surface area contributed by atoms with Gasteiger partial charge in [0, 0.05) is 26.2 Å². The first-order valence-electron chi connectivity index (χ1n) is 6.13. The van der Waals surface area contributed by atoms with Crippen molar-refractivity contribution in [3.63, 3.8) is 0 Å². The van der Waals surface area contributed by atoms with E-state index in [9.17, 15) is 4.79 Å². The van der Waals surface area contributed by atoms with Crippen LogP contribution in [0.25, 0.3) is 0 Å². The van der Waals surface area contributed by atoms with E-state index in [0.29, 0.717) is 18.9 Å². The van der Waals surface area contributed by atoms with Gasteiger partial charge in [0.1, 0.15) is 5.54 Å². The zero-order valence-corrected chi connectivity index (χ0v) is 10.6. The quantitative estimate of drug-likeness (QED) is 0.730. The van der Waals surface area contributed by atoms with Crippen molar-refractivity contribution in [2.45, 2.75) is 44.8 Å². The van der Waals surface area contributed by atoms with E-state index < -0.39 is 11.5 Å². The SMILES string of the molecule is CC(CC(C)(N)C(=O)O)OCC1CCOCC1. The largest absolute Gasteiger partial charge is 0.480 e. The molecule has 100 valence electrons. The number of hydrogen-bond donors (Lipinski definition) is 2. The summed E-state index contributed by atoms with van der Waals surface area (Å²) in [6.07, 6.45) is 2.23. The normalized spacial score (nSPS) is 23.0. The van der Waals surface area contributed by atoms with Crippen molar-refractivity contribution in [1.82, 2.24) is 0 Å². The Kier molecular flexibility index (Phi) is 5.36. The predicted octanol–water partition coefficient (Wildman–Crippen LogP) is 1.01. The number of aliphatic carboxylic acids is 1. The summed E-state index contributed by atoms with van der Waals surface area (Å²) >= 11 is 0. The van der Waals surface area contributed by atoms with Crippen LogP contribution in [0.2, 0.25) is 0 Å². The highest BCUT2D eigenvalue weighted by Gasteiger charge is 2.30. The summed E-state index contributed by atoms with van der Waals surface area (Å²) in [6, 6.07) is 0. The molecule has 1 aliphatic heterocycles. The van der Waals surface area contributed by atoms with Crippen molar-refractivity contribution in [3.05, 3.63) is 0 Å². The highest BCUT2D eigenvalue weighted by molar-refractivity contribution is 5.77. The van der Waals surface area contributed by atoms with E-state index in [1.54, 1.807) is 0 Å². The minimum atomic E-state index is -1.21. The summed E-state index contributed by atoms with van der Waals surface area (Å²) in [7, 11) is 0. The van der Waals surface area contributed by atoms with Gasteiger partial charge in [-0.25, -0.2) is 0 Å². The molecule has 0 aliphatic carbocycles. The van der Waals surface area contributed by atoms with E-state index in [1.807, 2.05) is 6.92 Å². The summed E-state index contributed by atoms with van der Waals surface area (Å²) in [6.45, 7) is 5.65. The molecule has 17 heavy (non-hydrogen) atoms. The van der Waals surface area contributed by atoms with Crippen LogP contribution in [0.1, 0.15) is 33.1 Å². The number of hydrogen-bond acceptors (Lipinski definition) is 4. The van der Waals surface area contributed by atoms with E-state index in [4.69, 9.17) is 20.3 Å². The van der Waals surface area contributed by atoms with Crippen LogP contribution >= 0.6 is 0 Å². The van der Waals surface area contributed by atoms with Crippen molar-refractivity contribution in [2.24, 2.45) is 11.7 Å². The highest BCUT2D eigenvalue weighted by atomic mass is 16.5. The molecule has 1 aliphatic rings. The Bertz CT molecular complexity index is 249. The Morgan fingerprint density at radius 2 is 2.18 bits per heavy atom. The molecule has 0 aromatic heterocycles. The van der Waals surface area contributed by atoms with Crippen LogP contribution in [0.3, 0.4) is 0 Å². The maximum absolute atomic E-state index is 10.9. The molecule has 1 heterocycles. The topological polar surface area (TPSA) is 81.8 Å². The van der Waals surface area contributed by atoms with Gasteiger partial charge < -0.3 is 20.3 Å². The smallest absolute Gasteiger partial charge is 0.323 e. The van der Waals surface area contributed by atoms with Crippen LogP contribution in [-0.2, 0) is 14.3 Å². The highest BCUT2D eigenvalue weighted by Crippen LogP contribution is 2.18. The summed E-state index contributed by atoms with van der Waals surface area (Å²) in [5.74, 6) is -0.459. The monoisotopic (exact) mass is 245 g/mol. The molecule has 5 heteroatoms. The first-order chi connectivity index (χ1) is 7.92. The maximum atomic E-state index is 10.9. The molecule has 0 aromatic rings. The van der Waals surface area contributed by atoms with Crippen LogP contribution < -0.4 is 5.73 Å². The molecule has 1 fully saturated rings. The third kappa shape index (κ3) is 5.02. The van der Waals surface area contributed by atoms with Gasteiger partial charge >= 0.3 is 5.97 Å². The minimum absolute atomic E-state index is 0.135. The number of nitrogens with two attached hydrogens (primary N) is 1. The Morgan fingerprint density at radius 1 is 1.59 bits per heavy atom. The number of ether oxygens (including phenoxy) is 2. The molecule has 0 radical (unpaired) electrons. The summed E-state index contributed by atoms with van der Waals surface area (Å²) in [5.41, 5.74) is 4.46. The Balaban J connectivity index is 2.24. The van der Waals surface area contributed by atoms with Crippen molar-refractivity contribution >= 4 is 5.97 Å². The minimum Gasteiger partial charge on any atom is -0.480 e. The Labute approximate surface area is 102 Å². The number of carbonyl (C=O) groups is 1. The summed E-state index contributed by atoms with van der Waals surface area (Å²) in [5, 5.41) is 8.91. The molecule has 0 saturated carbocycles. The third-order valence-electron chi connectivity index (χ3n) is 3.16. The first-order valence-corrected chi connectivity index (χ1v) is 6.13. The van der Waals surface area contributed by atoms with E-state index in [-0.39, 0.29) is 6.10 Å². The lowest BCUT2D eigenvalue weighted by Gasteiger charge is -2.27. The van der Waals surface area contributed by atoms with Gasteiger partial charge in [0.25, 0.3) is 0 Å². The molecule has 0 aromatic carbocycles. The lowest BCUT2D eigenvalue weighted by Crippen LogP contribution is -2.47. The molecule has 2 unspecified atom stereocenters. The maximum Gasteiger partial charge on any atom is 0.323 e. The fraction of sp³-hybridized carbons (Fsp3) is 0.917. The predicted molar refractivity (Wildman–Crippen MR) is 63.8 cm³/mol. The van der Waals surface area contributed by atoms with E-state index in [0.717, 1.165) is 26.1 Å². The second-order valence-electron chi connectivity index (χ2n) is 5.13. The van der Waals surface area contributed by atoms with Crippen LogP contribution in [0, 0.1) is 5.92 Å². The van der Waals surface area contributed by atoms with Gasteiger partial charge in [-0.1, -0.05) is 0 Å². The second kappa shape index (κ2) is 6.33. The van der Waals surface area contributed by atoms with Gasteiger partial charge in [-0.05, 0) is 32.6 Å². The number of carboxylic acids is 1. The molecule has 0 spiro atoms. The average molecular weight is 245 g/mol. The van der Waals surface area contributed by atoms with E-state index in [1.165, 1.54) is 6.92 Å². The zero-order valence-electron chi connectivity index (χ0n) is 10.6. The average Bonchev–Trinajstić information content (AvgIpc) is 2.27. The lowest BCUT2D eigenvalue weighted by molar-refractivity contribution is -0.144. The van der Waals surface area contributed by atoms with Crippen LogP contribution in [0.5, 0.6) is 0 Å². The fourth-order valence-corrected chi connectivity index (χ4v) is 1.96. The van der Waals surface area contributed by atoms with Gasteiger partial charge in [-0.15, -0.1) is 0 Å². The second-order valence-corrected chi connectivity index (χ2v) is 5.13. The van der Waals surface area contributed by atoms with Crippen LogP contribution in [0.4, 0.5) is 0 Å². The van der Waals surface area contributed by atoms with Crippen molar-refractivity contribution in [3.8, 4) is 0 Å². The van der Waals surface area contributed by atoms with Crippen molar-refractivity contribution < 1.29 is 19.4 Å². The fourth-order valence-electron chi connectivity index (χ4n) is 1.96. The van der Waals surface area contributed by atoms with E-state index >= 15 is 0 Å². The molecule has 3 N–H and O–H groups in total. The van der Waals surface area contributed by atoms with Crippen molar-refractivity contribution in [2.75, 3.05) is 19.8 Å². The molecule has 0 amide bonds. The third-order valence-corrected chi connectivity index (χ3v) is 3.16. The number of rotatable bonds is 6. The molecule has 0 bridgehead atoms. The Morgan fingerprint density at radius 3 is 2.71 bits per heavy atom. The molecule has 2 atom stereocenters.